The Balaban J connectivity index is 1.96. The van der Waals surface area contributed by atoms with Crippen molar-refractivity contribution in [1.82, 2.24) is 0 Å². The Morgan fingerprint density at radius 2 is 0.600 bits per heavy atom. The molecule has 7 aromatic rings. The first-order chi connectivity index (χ1) is 19.1. The number of hydrogen-bond donors (Lipinski definition) is 0. The van der Waals surface area contributed by atoms with E-state index in [0.717, 1.165) is 0 Å². The van der Waals surface area contributed by atoms with Gasteiger partial charge in [-0.25, -0.2) is 0 Å². The van der Waals surface area contributed by atoms with Crippen molar-refractivity contribution in [3.05, 3.63) is 95.1 Å². The lowest BCUT2D eigenvalue weighted by molar-refractivity contribution is 1.04. The normalized spacial score (nSPS) is 13.3. The SMILES string of the molecule is Cc1cc2cc3cc(C)cc4c3cc2c(c1)p(C(C)C)c1cc(C)cc2cc3cc(C)cc(c3cc21)p4C(C)C. The molecule has 0 aliphatic carbocycles. The average Bonchev–Trinajstić information content (AvgIpc) is 2.85. The predicted molar refractivity (Wildman–Crippen MR) is 185 cm³/mol. The molecular weight excluding hydrogens is 518 g/mol. The zero-order valence-electron chi connectivity index (χ0n) is 25.0. The second-order valence-electron chi connectivity index (χ2n) is 12.7. The fraction of sp³-hybridized carbons (Fsp3) is 0.263. The Labute approximate surface area is 239 Å². The van der Waals surface area contributed by atoms with Crippen LogP contribution in [0.15, 0.2) is 72.8 Å². The molecule has 4 bridgehead atoms. The molecule has 0 aliphatic rings. The molecule has 200 valence electrons. The van der Waals surface area contributed by atoms with Crippen LogP contribution in [0.3, 0.4) is 0 Å². The Kier molecular flexibility index (Phi) is 5.98. The number of hydrogen-bond acceptors (Lipinski definition) is 0. The summed E-state index contributed by atoms with van der Waals surface area (Å²) in [6, 6.07) is 29.8. The van der Waals surface area contributed by atoms with Gasteiger partial charge in [0.25, 0.3) is 0 Å². The van der Waals surface area contributed by atoms with Crippen LogP contribution in [0.25, 0.3) is 63.6 Å². The first-order valence-corrected chi connectivity index (χ1v) is 17.5. The minimum atomic E-state index is -0.573. The Morgan fingerprint density at radius 1 is 0.350 bits per heavy atom. The van der Waals surface area contributed by atoms with Gasteiger partial charge in [-0.1, -0.05) is 52.0 Å². The summed E-state index contributed by atoms with van der Waals surface area (Å²) in [5.74, 6) is 0. The smallest absolute Gasteiger partial charge is 0.00288 e. The van der Waals surface area contributed by atoms with Crippen molar-refractivity contribution in [2.75, 3.05) is 0 Å². The van der Waals surface area contributed by atoms with Crippen LogP contribution < -0.4 is 0 Å². The zero-order valence-corrected chi connectivity index (χ0v) is 26.8. The molecule has 0 nitrogen and oxygen atoms in total. The molecule has 0 fully saturated rings. The van der Waals surface area contributed by atoms with Gasteiger partial charge in [-0.15, -0.1) is 15.1 Å². The van der Waals surface area contributed by atoms with Gasteiger partial charge in [0.15, 0.2) is 0 Å². The third-order valence-electron chi connectivity index (χ3n) is 8.61. The van der Waals surface area contributed by atoms with E-state index in [0.29, 0.717) is 11.3 Å². The molecule has 0 aliphatic heterocycles. The van der Waals surface area contributed by atoms with Crippen molar-refractivity contribution in [2.45, 2.75) is 66.7 Å². The standard InChI is InChI=1S/C38H38P2/c1-21(2)39-35-13-23(5)9-27-17-29-11-25(7)15-37(33(29)19-31(27)35)40(22(3)4)38-16-26(8)12-30-18-28-10-24(6)14-36(39)32(28)20-34(30)38/h9-22H,1-8H3. The molecule has 0 saturated carbocycles. The van der Waals surface area contributed by atoms with Crippen LogP contribution in [0, 0.1) is 27.7 Å². The Bertz CT molecular complexity index is 1900. The second kappa shape index (κ2) is 9.24. The van der Waals surface area contributed by atoms with Crippen molar-refractivity contribution in [3.63, 3.8) is 0 Å². The van der Waals surface area contributed by atoms with Crippen LogP contribution >= 0.6 is 15.1 Å². The van der Waals surface area contributed by atoms with E-state index in [4.69, 9.17) is 0 Å². The summed E-state index contributed by atoms with van der Waals surface area (Å²) < 4.78 is 0. The maximum atomic E-state index is 2.58. The summed E-state index contributed by atoms with van der Waals surface area (Å²) in [5.41, 5.74) is 6.50. The van der Waals surface area contributed by atoms with Gasteiger partial charge in [0.2, 0.25) is 0 Å². The van der Waals surface area contributed by atoms with Crippen molar-refractivity contribution >= 4 is 78.6 Å². The largest absolute Gasteiger partial charge is 0.106 e. The van der Waals surface area contributed by atoms with E-state index in [-0.39, 0.29) is 0 Å². The highest BCUT2D eigenvalue weighted by Crippen LogP contribution is 2.56. The second-order valence-corrected chi connectivity index (χ2v) is 18.1. The number of benzene rings is 6. The minimum absolute atomic E-state index is 0.530. The first kappa shape index (κ1) is 25.9. The first-order valence-electron chi connectivity index (χ1n) is 14.6. The topological polar surface area (TPSA) is 0 Å². The molecule has 40 heavy (non-hydrogen) atoms. The Morgan fingerprint density at radius 3 is 0.825 bits per heavy atom. The van der Waals surface area contributed by atoms with Crippen molar-refractivity contribution in [3.8, 4) is 0 Å². The molecule has 2 heteroatoms. The molecule has 0 unspecified atom stereocenters. The maximum absolute atomic E-state index is 2.58. The lowest BCUT2D eigenvalue weighted by Crippen LogP contribution is -1.88. The van der Waals surface area contributed by atoms with Gasteiger partial charge in [0.05, 0.1) is 0 Å². The lowest BCUT2D eigenvalue weighted by Gasteiger charge is -2.20. The van der Waals surface area contributed by atoms with Gasteiger partial charge in [0.1, 0.15) is 0 Å². The van der Waals surface area contributed by atoms with Crippen LogP contribution in [-0.4, -0.2) is 0 Å². The van der Waals surface area contributed by atoms with Crippen LogP contribution in [0.2, 0.25) is 0 Å². The molecule has 0 radical (unpaired) electrons. The highest BCUT2D eigenvalue weighted by molar-refractivity contribution is 7.61. The van der Waals surface area contributed by atoms with Gasteiger partial charge >= 0.3 is 0 Å². The van der Waals surface area contributed by atoms with Gasteiger partial charge in [0, 0.05) is 20.5 Å². The summed E-state index contributed by atoms with van der Waals surface area (Å²) in [7, 11) is -1.15. The van der Waals surface area contributed by atoms with Crippen LogP contribution in [0.4, 0.5) is 0 Å². The van der Waals surface area contributed by atoms with Gasteiger partial charge < -0.3 is 0 Å². The van der Waals surface area contributed by atoms with Crippen LogP contribution in [0.5, 0.6) is 0 Å². The minimum Gasteiger partial charge on any atom is -0.106 e. The van der Waals surface area contributed by atoms with E-state index in [1.165, 1.54) is 65.3 Å². The third-order valence-corrected chi connectivity index (χ3v) is 14.2. The highest BCUT2D eigenvalue weighted by atomic mass is 31.1. The van der Waals surface area contributed by atoms with E-state index < -0.39 is 15.1 Å². The van der Waals surface area contributed by atoms with Crippen molar-refractivity contribution in [2.24, 2.45) is 0 Å². The number of aryl methyl sites for hydroxylation is 4. The predicted octanol–water partition coefficient (Wildman–Crippen LogP) is 13.5. The fourth-order valence-corrected chi connectivity index (χ4v) is 13.1. The van der Waals surface area contributed by atoms with Gasteiger partial charge in [-0.05, 0) is 153 Å². The maximum Gasteiger partial charge on any atom is 0.00288 e. The molecule has 0 atom stereocenters. The van der Waals surface area contributed by atoms with Crippen molar-refractivity contribution < 1.29 is 0 Å². The molecule has 0 amide bonds. The van der Waals surface area contributed by atoms with Gasteiger partial charge in [-0.2, -0.15) is 0 Å². The van der Waals surface area contributed by atoms with Crippen molar-refractivity contribution in [1.29, 1.82) is 0 Å². The van der Waals surface area contributed by atoms with E-state index in [1.807, 2.05) is 0 Å². The summed E-state index contributed by atoms with van der Waals surface area (Å²) in [4.78, 5) is 0. The highest BCUT2D eigenvalue weighted by Gasteiger charge is 2.17. The molecule has 1 heterocycles. The quantitative estimate of drug-likeness (QED) is 0.186. The number of rotatable bonds is 2. The Hall–Kier alpha value is -3.04. The van der Waals surface area contributed by atoms with E-state index >= 15 is 0 Å². The molecule has 7 rings (SSSR count). The van der Waals surface area contributed by atoms with E-state index in [9.17, 15) is 0 Å². The molecule has 1 aromatic heterocycles. The van der Waals surface area contributed by atoms with Crippen LogP contribution in [0.1, 0.15) is 61.3 Å². The summed E-state index contributed by atoms with van der Waals surface area (Å²) in [5, 5.41) is 17.5. The van der Waals surface area contributed by atoms with Crippen LogP contribution in [-0.2, 0) is 0 Å². The van der Waals surface area contributed by atoms with Gasteiger partial charge in [-0.3, -0.25) is 0 Å². The fourth-order valence-electron chi connectivity index (χ4n) is 7.12. The molecule has 0 N–H and O–H groups in total. The molecule has 0 saturated heterocycles. The summed E-state index contributed by atoms with van der Waals surface area (Å²) >= 11 is 0. The lowest BCUT2D eigenvalue weighted by atomic mass is 10.0. The molecule has 6 aromatic carbocycles. The monoisotopic (exact) mass is 556 g/mol. The third kappa shape index (κ3) is 3.96. The molecular formula is C38H38P2. The van der Waals surface area contributed by atoms with E-state index in [2.05, 4.69) is 128 Å². The summed E-state index contributed by atoms with van der Waals surface area (Å²) in [6.45, 7) is 18.8. The average molecular weight is 557 g/mol. The van der Waals surface area contributed by atoms with E-state index in [1.54, 1.807) is 20.5 Å². The summed E-state index contributed by atoms with van der Waals surface area (Å²) in [6.07, 6.45) is 0. The molecule has 0 spiro atoms. The zero-order chi connectivity index (χ0) is 28.0.